The van der Waals surface area contributed by atoms with Crippen molar-refractivity contribution in [1.82, 2.24) is 25.1 Å². The summed E-state index contributed by atoms with van der Waals surface area (Å²) >= 11 is 0. The van der Waals surface area contributed by atoms with E-state index >= 15 is 0 Å². The molecule has 1 aliphatic heterocycles. The Morgan fingerprint density at radius 1 is 1.12 bits per heavy atom. The molecule has 0 radical (unpaired) electrons. The van der Waals surface area contributed by atoms with Gasteiger partial charge < -0.3 is 15.5 Å². The molecule has 144 valence electrons. The molecule has 1 fully saturated rings. The molecular formula is C20H34N6. The van der Waals surface area contributed by atoms with Crippen molar-refractivity contribution in [3.05, 3.63) is 30.1 Å². The van der Waals surface area contributed by atoms with Crippen LogP contribution < -0.4 is 10.6 Å². The summed E-state index contributed by atoms with van der Waals surface area (Å²) in [5, 5.41) is 8.00. The molecule has 1 saturated heterocycles. The first-order chi connectivity index (χ1) is 12.7. The summed E-state index contributed by atoms with van der Waals surface area (Å²) in [5.41, 5.74) is 1.02. The zero-order valence-corrected chi connectivity index (χ0v) is 16.8. The van der Waals surface area contributed by atoms with Crippen molar-refractivity contribution < 1.29 is 0 Å². The summed E-state index contributed by atoms with van der Waals surface area (Å²) in [4.78, 5) is 14.2. The van der Waals surface area contributed by atoms with Gasteiger partial charge in [-0.3, -0.25) is 4.90 Å². The van der Waals surface area contributed by atoms with Gasteiger partial charge in [0.1, 0.15) is 11.6 Å². The van der Waals surface area contributed by atoms with Crippen LogP contribution in [0.2, 0.25) is 0 Å². The molecule has 0 atom stereocenters. The minimum Gasteiger partial charge on any atom is -0.369 e. The third-order valence-corrected chi connectivity index (χ3v) is 4.30. The van der Waals surface area contributed by atoms with E-state index in [0.717, 1.165) is 74.8 Å². The molecular weight excluding hydrogens is 324 g/mol. The Morgan fingerprint density at radius 2 is 1.85 bits per heavy atom. The lowest BCUT2D eigenvalue weighted by Gasteiger charge is -2.26. The van der Waals surface area contributed by atoms with E-state index in [2.05, 4.69) is 46.7 Å². The predicted molar refractivity (Wildman–Crippen MR) is 111 cm³/mol. The first-order valence-corrected chi connectivity index (χ1v) is 9.80. The number of hydrogen-bond acceptors (Lipinski definition) is 6. The fraction of sp³-hybridized carbons (Fsp3) is 0.600. The molecule has 0 amide bonds. The quantitative estimate of drug-likeness (QED) is 0.742. The Morgan fingerprint density at radius 3 is 2.58 bits per heavy atom. The van der Waals surface area contributed by atoms with E-state index in [9.17, 15) is 0 Å². The van der Waals surface area contributed by atoms with Gasteiger partial charge in [-0.1, -0.05) is 26.0 Å². The summed E-state index contributed by atoms with van der Waals surface area (Å²) in [6.45, 7) is 11.0. The van der Waals surface area contributed by atoms with E-state index < -0.39 is 0 Å². The second kappa shape index (κ2) is 11.1. The van der Waals surface area contributed by atoms with Gasteiger partial charge in [-0.2, -0.15) is 0 Å². The Hall–Kier alpha value is -1.76. The van der Waals surface area contributed by atoms with Crippen LogP contribution in [0.3, 0.4) is 0 Å². The molecule has 1 aliphatic rings. The smallest absolute Gasteiger partial charge is 0.145 e. The molecule has 6 nitrogen and oxygen atoms in total. The maximum atomic E-state index is 4.81. The van der Waals surface area contributed by atoms with Crippen LogP contribution in [-0.2, 0) is 6.54 Å². The second-order valence-electron chi connectivity index (χ2n) is 6.62. The summed E-state index contributed by atoms with van der Waals surface area (Å²) in [6.07, 6.45) is 1.10. The number of benzene rings is 1. The number of rotatable bonds is 7. The number of para-hydroxylation sites is 1. The number of fused-ring (bicyclic) bond motifs is 1. The molecule has 0 bridgehead atoms. The Labute approximate surface area is 158 Å². The largest absolute Gasteiger partial charge is 0.369 e. The number of aromatic nitrogens is 2. The van der Waals surface area contributed by atoms with Gasteiger partial charge in [0.2, 0.25) is 0 Å². The molecule has 0 saturated carbocycles. The highest BCUT2D eigenvalue weighted by molar-refractivity contribution is 5.88. The molecule has 0 unspecified atom stereocenters. The van der Waals surface area contributed by atoms with Gasteiger partial charge in [-0.15, -0.1) is 0 Å². The van der Waals surface area contributed by atoms with Crippen LogP contribution in [0.5, 0.6) is 0 Å². The average molecular weight is 359 g/mol. The van der Waals surface area contributed by atoms with Crippen molar-refractivity contribution >= 4 is 16.7 Å². The van der Waals surface area contributed by atoms with Crippen molar-refractivity contribution in [1.29, 1.82) is 0 Å². The van der Waals surface area contributed by atoms with Gasteiger partial charge >= 0.3 is 0 Å². The van der Waals surface area contributed by atoms with Gasteiger partial charge in [-0.05, 0) is 39.2 Å². The number of anilines is 1. The van der Waals surface area contributed by atoms with Crippen LogP contribution in [0.4, 0.5) is 5.82 Å². The van der Waals surface area contributed by atoms with Crippen molar-refractivity contribution in [2.24, 2.45) is 0 Å². The molecule has 2 heterocycles. The van der Waals surface area contributed by atoms with Crippen LogP contribution in [0.1, 0.15) is 26.1 Å². The Balaban J connectivity index is 0.00000117. The van der Waals surface area contributed by atoms with Gasteiger partial charge in [0.15, 0.2) is 0 Å². The van der Waals surface area contributed by atoms with Gasteiger partial charge in [0.05, 0.1) is 12.1 Å². The van der Waals surface area contributed by atoms with Gasteiger partial charge in [0.25, 0.3) is 0 Å². The van der Waals surface area contributed by atoms with Crippen molar-refractivity contribution in [3.63, 3.8) is 0 Å². The topological polar surface area (TPSA) is 56.3 Å². The van der Waals surface area contributed by atoms with Crippen LogP contribution in [0.15, 0.2) is 24.3 Å². The minimum atomic E-state index is 0.818. The van der Waals surface area contributed by atoms with E-state index in [-0.39, 0.29) is 0 Å². The molecule has 0 spiro atoms. The highest BCUT2D eigenvalue weighted by atomic mass is 15.2. The predicted octanol–water partition coefficient (Wildman–Crippen LogP) is 2.42. The van der Waals surface area contributed by atoms with Crippen molar-refractivity contribution in [3.8, 4) is 0 Å². The molecule has 2 aromatic rings. The normalized spacial score (nSPS) is 15.0. The van der Waals surface area contributed by atoms with Crippen molar-refractivity contribution in [2.75, 3.05) is 58.7 Å². The molecule has 0 aliphatic carbocycles. The first-order valence-electron chi connectivity index (χ1n) is 9.80. The third kappa shape index (κ3) is 6.20. The molecule has 26 heavy (non-hydrogen) atoms. The molecule has 1 aromatic carbocycles. The van der Waals surface area contributed by atoms with E-state index in [1.807, 2.05) is 26.0 Å². The molecule has 6 heteroatoms. The van der Waals surface area contributed by atoms with E-state index in [0.29, 0.717) is 0 Å². The Bertz CT molecular complexity index is 652. The SMILES string of the molecule is CC.CN(C)CCCNc1nc(CN2CCNCC2)nc2ccccc12. The average Bonchev–Trinajstić information content (AvgIpc) is 2.67. The summed E-state index contributed by atoms with van der Waals surface area (Å²) < 4.78 is 0. The minimum absolute atomic E-state index is 0.818. The molecule has 1 aromatic heterocycles. The van der Waals surface area contributed by atoms with E-state index in [4.69, 9.17) is 9.97 Å². The first kappa shape index (κ1) is 20.6. The summed E-state index contributed by atoms with van der Waals surface area (Å²) in [7, 11) is 4.21. The van der Waals surface area contributed by atoms with Crippen LogP contribution in [-0.4, -0.2) is 73.1 Å². The van der Waals surface area contributed by atoms with E-state index in [1.165, 1.54) is 0 Å². The maximum Gasteiger partial charge on any atom is 0.145 e. The van der Waals surface area contributed by atoms with Crippen LogP contribution in [0, 0.1) is 0 Å². The fourth-order valence-corrected chi connectivity index (χ4v) is 3.00. The Kier molecular flexibility index (Phi) is 8.74. The maximum absolute atomic E-state index is 4.81. The van der Waals surface area contributed by atoms with Crippen LogP contribution >= 0.6 is 0 Å². The highest BCUT2D eigenvalue weighted by Gasteiger charge is 2.13. The fourth-order valence-electron chi connectivity index (χ4n) is 3.00. The summed E-state index contributed by atoms with van der Waals surface area (Å²) in [6, 6.07) is 8.26. The zero-order chi connectivity index (χ0) is 18.8. The van der Waals surface area contributed by atoms with Crippen LogP contribution in [0.25, 0.3) is 10.9 Å². The number of nitrogens with one attached hydrogen (secondary N) is 2. The lowest BCUT2D eigenvalue weighted by Crippen LogP contribution is -2.43. The van der Waals surface area contributed by atoms with E-state index in [1.54, 1.807) is 0 Å². The third-order valence-electron chi connectivity index (χ3n) is 4.30. The monoisotopic (exact) mass is 358 g/mol. The zero-order valence-electron chi connectivity index (χ0n) is 16.8. The number of hydrogen-bond donors (Lipinski definition) is 2. The van der Waals surface area contributed by atoms with Gasteiger partial charge in [0, 0.05) is 38.1 Å². The summed E-state index contributed by atoms with van der Waals surface area (Å²) in [5.74, 6) is 1.87. The number of piperazine rings is 1. The standard InChI is InChI=1S/C18H28N6.C2H6/c1-23(2)11-5-8-20-18-15-6-3-4-7-16(15)21-17(22-18)14-24-12-9-19-10-13-24;1-2/h3-4,6-7,19H,5,8-14H2,1-2H3,(H,20,21,22);1-2H3. The van der Waals surface area contributed by atoms with Crippen molar-refractivity contribution in [2.45, 2.75) is 26.8 Å². The lowest BCUT2D eigenvalue weighted by atomic mass is 10.2. The highest BCUT2D eigenvalue weighted by Crippen LogP contribution is 2.20. The molecule has 2 N–H and O–H groups in total. The van der Waals surface area contributed by atoms with Gasteiger partial charge in [-0.25, -0.2) is 9.97 Å². The second-order valence-corrected chi connectivity index (χ2v) is 6.62. The lowest BCUT2D eigenvalue weighted by molar-refractivity contribution is 0.228. The molecule has 3 rings (SSSR count). The number of nitrogens with zero attached hydrogens (tertiary/aromatic N) is 4.